The Hall–Kier alpha value is -2.15. The van der Waals surface area contributed by atoms with Crippen molar-refractivity contribution in [1.29, 1.82) is 0 Å². The number of nitrogens with one attached hydrogen (secondary N) is 1. The molecule has 1 N–H and O–H groups in total. The number of carbonyl (C=O) groups is 1. The lowest BCUT2D eigenvalue weighted by Gasteiger charge is -2.33. The third-order valence-electron chi connectivity index (χ3n) is 5.10. The van der Waals surface area contributed by atoms with Gasteiger partial charge >= 0.3 is 0 Å². The molecule has 1 aliphatic carbocycles. The van der Waals surface area contributed by atoms with Crippen LogP contribution in [0, 0.1) is 0 Å². The zero-order valence-corrected chi connectivity index (χ0v) is 15.8. The van der Waals surface area contributed by atoms with Crippen molar-refractivity contribution in [2.24, 2.45) is 0 Å². The Bertz CT molecular complexity index is 919. The van der Waals surface area contributed by atoms with E-state index in [0.717, 1.165) is 41.5 Å². The molecule has 0 aliphatic heterocycles. The lowest BCUT2D eigenvalue weighted by atomic mass is 9.94. The lowest BCUT2D eigenvalue weighted by Crippen LogP contribution is -2.42. The molecular weight excluding hydrogens is 346 g/mol. The number of nitrogens with zero attached hydrogens (tertiary/aromatic N) is 4. The van der Waals surface area contributed by atoms with Gasteiger partial charge < -0.3 is 9.88 Å². The van der Waals surface area contributed by atoms with Crippen LogP contribution < -0.4 is 0 Å². The largest absolute Gasteiger partial charge is 0.339 e. The lowest BCUT2D eigenvalue weighted by molar-refractivity contribution is -0.131. The topological polar surface area (TPSA) is 74.8 Å². The van der Waals surface area contributed by atoms with Crippen LogP contribution in [0.4, 0.5) is 0 Å². The molecule has 0 spiro atoms. The fraction of sp³-hybridized carbons (Fsp3) is 0.474. The molecule has 7 heteroatoms. The first-order valence-electron chi connectivity index (χ1n) is 9.29. The second-order valence-corrected chi connectivity index (χ2v) is 7.66. The van der Waals surface area contributed by atoms with Crippen LogP contribution >= 0.6 is 11.8 Å². The van der Waals surface area contributed by atoms with Gasteiger partial charge in [0.25, 0.3) is 0 Å². The molecule has 3 aromatic rings. The summed E-state index contributed by atoms with van der Waals surface area (Å²) in [5, 5.41) is 10.1. The number of amides is 1. The minimum atomic E-state index is 0.171. The van der Waals surface area contributed by atoms with Crippen molar-refractivity contribution in [2.45, 2.75) is 50.2 Å². The van der Waals surface area contributed by atoms with Crippen molar-refractivity contribution >= 4 is 39.7 Å². The summed E-state index contributed by atoms with van der Waals surface area (Å²) in [4.78, 5) is 22.5. The van der Waals surface area contributed by atoms with E-state index in [-0.39, 0.29) is 5.91 Å². The fourth-order valence-corrected chi connectivity index (χ4v) is 4.48. The molecule has 1 amide bonds. The van der Waals surface area contributed by atoms with Gasteiger partial charge in [-0.05, 0) is 25.8 Å². The number of hydrogen-bond donors (Lipinski definition) is 1. The summed E-state index contributed by atoms with van der Waals surface area (Å²) in [6, 6.07) is 8.35. The van der Waals surface area contributed by atoms with Crippen molar-refractivity contribution in [3.05, 3.63) is 24.3 Å². The minimum Gasteiger partial charge on any atom is -0.339 e. The monoisotopic (exact) mass is 369 g/mol. The number of aromatic amines is 1. The van der Waals surface area contributed by atoms with Crippen molar-refractivity contribution in [3.8, 4) is 0 Å². The average Bonchev–Trinajstić information content (AvgIpc) is 3.05. The SMILES string of the molecule is CCN(C(=O)CSc1nnc2c(n1)[nH]c1ccccc12)C1CCCCC1. The first-order chi connectivity index (χ1) is 12.8. The molecule has 1 saturated carbocycles. The molecule has 0 radical (unpaired) electrons. The summed E-state index contributed by atoms with van der Waals surface area (Å²) in [6.07, 6.45) is 6.00. The van der Waals surface area contributed by atoms with E-state index in [4.69, 9.17) is 0 Å². The van der Waals surface area contributed by atoms with E-state index in [1.54, 1.807) is 0 Å². The molecule has 4 rings (SSSR count). The Balaban J connectivity index is 1.46. The van der Waals surface area contributed by atoms with Crippen LogP contribution in [0.5, 0.6) is 0 Å². The van der Waals surface area contributed by atoms with Crippen LogP contribution in [0.25, 0.3) is 22.1 Å². The average molecular weight is 369 g/mol. The highest BCUT2D eigenvalue weighted by atomic mass is 32.2. The molecule has 0 unspecified atom stereocenters. The minimum absolute atomic E-state index is 0.171. The maximum Gasteiger partial charge on any atom is 0.233 e. The predicted octanol–water partition coefficient (Wildman–Crippen LogP) is 3.78. The number of H-pyrrole nitrogens is 1. The molecule has 26 heavy (non-hydrogen) atoms. The summed E-state index contributed by atoms with van der Waals surface area (Å²) >= 11 is 1.37. The van der Waals surface area contributed by atoms with Crippen LogP contribution in [-0.4, -0.2) is 49.3 Å². The molecule has 6 nitrogen and oxygen atoms in total. The Morgan fingerprint density at radius 1 is 1.23 bits per heavy atom. The summed E-state index contributed by atoms with van der Waals surface area (Å²) in [5.74, 6) is 0.530. The van der Waals surface area contributed by atoms with Gasteiger partial charge in [-0.15, -0.1) is 10.2 Å². The highest BCUT2D eigenvalue weighted by molar-refractivity contribution is 7.99. The molecular formula is C19H23N5OS. The molecule has 0 saturated heterocycles. The number of rotatable bonds is 5. The highest BCUT2D eigenvalue weighted by Gasteiger charge is 2.24. The zero-order chi connectivity index (χ0) is 17.9. The summed E-state index contributed by atoms with van der Waals surface area (Å²) in [6.45, 7) is 2.83. The number of hydrogen-bond acceptors (Lipinski definition) is 5. The normalized spacial score (nSPS) is 15.6. The molecule has 0 bridgehead atoms. The Morgan fingerprint density at radius 2 is 2.04 bits per heavy atom. The van der Waals surface area contributed by atoms with Crippen LogP contribution in [0.2, 0.25) is 0 Å². The van der Waals surface area contributed by atoms with Gasteiger partial charge in [0.2, 0.25) is 11.1 Å². The summed E-state index contributed by atoms with van der Waals surface area (Å²) in [5.41, 5.74) is 2.49. The number of aromatic nitrogens is 4. The van der Waals surface area contributed by atoms with Gasteiger partial charge in [-0.25, -0.2) is 4.98 Å². The summed E-state index contributed by atoms with van der Waals surface area (Å²) < 4.78 is 0. The van der Waals surface area contributed by atoms with E-state index in [0.29, 0.717) is 17.0 Å². The van der Waals surface area contributed by atoms with E-state index >= 15 is 0 Å². The first kappa shape index (κ1) is 17.3. The fourth-order valence-electron chi connectivity index (χ4n) is 3.81. The number of fused-ring (bicyclic) bond motifs is 3. The van der Waals surface area contributed by atoms with Gasteiger partial charge in [0.15, 0.2) is 5.65 Å². The zero-order valence-electron chi connectivity index (χ0n) is 14.9. The molecule has 1 aliphatic rings. The smallest absolute Gasteiger partial charge is 0.233 e. The van der Waals surface area contributed by atoms with Crippen molar-refractivity contribution in [3.63, 3.8) is 0 Å². The second-order valence-electron chi connectivity index (χ2n) is 6.72. The van der Waals surface area contributed by atoms with Crippen LogP contribution in [0.3, 0.4) is 0 Å². The molecule has 1 aromatic carbocycles. The Kier molecular flexibility index (Phi) is 5.06. The third kappa shape index (κ3) is 3.40. The van der Waals surface area contributed by atoms with E-state index in [1.165, 1.54) is 31.0 Å². The number of benzene rings is 1. The quantitative estimate of drug-likeness (QED) is 0.693. The number of thioether (sulfide) groups is 1. The summed E-state index contributed by atoms with van der Waals surface area (Å²) in [7, 11) is 0. The van der Waals surface area contributed by atoms with Gasteiger partial charge in [0.05, 0.1) is 5.75 Å². The van der Waals surface area contributed by atoms with E-state index < -0.39 is 0 Å². The van der Waals surface area contributed by atoms with E-state index in [2.05, 4.69) is 27.1 Å². The molecule has 1 fully saturated rings. The maximum absolute atomic E-state index is 12.7. The second kappa shape index (κ2) is 7.61. The molecule has 136 valence electrons. The molecule has 2 heterocycles. The van der Waals surface area contributed by atoms with Gasteiger partial charge in [-0.3, -0.25) is 4.79 Å². The van der Waals surface area contributed by atoms with Crippen LogP contribution in [0.1, 0.15) is 39.0 Å². The van der Waals surface area contributed by atoms with E-state index in [1.807, 2.05) is 29.2 Å². The molecule has 2 aromatic heterocycles. The van der Waals surface area contributed by atoms with Gasteiger partial charge in [-0.2, -0.15) is 0 Å². The van der Waals surface area contributed by atoms with Gasteiger partial charge in [-0.1, -0.05) is 49.2 Å². The van der Waals surface area contributed by atoms with E-state index in [9.17, 15) is 4.79 Å². The van der Waals surface area contributed by atoms with Crippen LogP contribution in [0.15, 0.2) is 29.4 Å². The number of carbonyl (C=O) groups excluding carboxylic acids is 1. The van der Waals surface area contributed by atoms with Gasteiger partial charge in [0, 0.05) is 23.5 Å². The first-order valence-corrected chi connectivity index (χ1v) is 10.3. The maximum atomic E-state index is 12.7. The molecule has 0 atom stereocenters. The van der Waals surface area contributed by atoms with Gasteiger partial charge in [0.1, 0.15) is 5.52 Å². The standard InChI is InChI=1S/C19H23N5OS/c1-2-24(13-8-4-3-5-9-13)16(25)12-26-19-21-18-17(22-23-19)14-10-6-7-11-15(14)20-18/h6-7,10-11,13H,2-5,8-9,12H2,1H3,(H,20,21,23). The predicted molar refractivity (Wildman–Crippen MR) is 104 cm³/mol. The third-order valence-corrected chi connectivity index (χ3v) is 5.93. The highest BCUT2D eigenvalue weighted by Crippen LogP contribution is 2.25. The van der Waals surface area contributed by atoms with Crippen LogP contribution in [-0.2, 0) is 4.79 Å². The number of para-hydroxylation sites is 1. The Morgan fingerprint density at radius 3 is 2.85 bits per heavy atom. The van der Waals surface area contributed by atoms with Crippen molar-refractivity contribution in [2.75, 3.05) is 12.3 Å². The van der Waals surface area contributed by atoms with Crippen molar-refractivity contribution < 1.29 is 4.79 Å². The Labute approximate surface area is 156 Å². The van der Waals surface area contributed by atoms with Crippen molar-refractivity contribution in [1.82, 2.24) is 25.1 Å².